The molecule has 1 aromatic carbocycles. The van der Waals surface area contributed by atoms with Crippen molar-refractivity contribution in [3.05, 3.63) is 34.9 Å². The Labute approximate surface area is 139 Å². The van der Waals surface area contributed by atoms with Crippen LogP contribution in [-0.4, -0.2) is 19.4 Å². The Hall–Kier alpha value is -1.57. The molecule has 3 aliphatic rings. The topological polar surface area (TPSA) is 20.3 Å². The Balaban J connectivity index is 1.55. The normalized spacial score (nSPS) is 27.0. The Morgan fingerprint density at radius 1 is 1.09 bits per heavy atom. The lowest BCUT2D eigenvalue weighted by Crippen LogP contribution is -2.24. The molecule has 0 saturated heterocycles. The van der Waals surface area contributed by atoms with Crippen LogP contribution in [0.15, 0.2) is 23.8 Å². The van der Waals surface area contributed by atoms with Crippen LogP contribution in [0.25, 0.3) is 6.08 Å². The summed E-state index contributed by atoms with van der Waals surface area (Å²) in [6.45, 7) is 1.15. The first-order chi connectivity index (χ1) is 11.2. The van der Waals surface area contributed by atoms with E-state index in [9.17, 15) is 4.79 Å². The molecule has 122 valence electrons. The van der Waals surface area contributed by atoms with Gasteiger partial charge in [0.2, 0.25) is 0 Å². The van der Waals surface area contributed by atoms with Gasteiger partial charge in [0.15, 0.2) is 5.78 Å². The number of carbonyl (C=O) groups excluding carboxylic acids is 1. The molecule has 0 radical (unpaired) electrons. The molecule has 2 nitrogen and oxygen atoms in total. The van der Waals surface area contributed by atoms with Crippen molar-refractivity contribution in [3.8, 4) is 0 Å². The van der Waals surface area contributed by atoms with Gasteiger partial charge >= 0.3 is 0 Å². The number of hydrogen-bond acceptors (Lipinski definition) is 2. The number of Topliss-reactive ketones (excluding diaryl/α,β-unsaturated/α-hetero) is 1. The van der Waals surface area contributed by atoms with Crippen molar-refractivity contribution in [1.29, 1.82) is 0 Å². The summed E-state index contributed by atoms with van der Waals surface area (Å²) < 4.78 is 0. The highest BCUT2D eigenvalue weighted by atomic mass is 16.1. The highest BCUT2D eigenvalue weighted by Gasteiger charge is 2.36. The minimum atomic E-state index is 0.326. The molecule has 0 bridgehead atoms. The maximum Gasteiger partial charge on any atom is 0.162 e. The molecule has 0 spiro atoms. The van der Waals surface area contributed by atoms with Crippen molar-refractivity contribution in [2.24, 2.45) is 11.8 Å². The van der Waals surface area contributed by atoms with Crippen LogP contribution in [0.3, 0.4) is 0 Å². The zero-order valence-corrected chi connectivity index (χ0v) is 14.2. The van der Waals surface area contributed by atoms with E-state index in [1.54, 1.807) is 0 Å². The monoisotopic (exact) mass is 309 g/mol. The lowest BCUT2D eigenvalue weighted by atomic mass is 9.88. The van der Waals surface area contributed by atoms with Gasteiger partial charge in [-0.2, -0.15) is 0 Å². The summed E-state index contributed by atoms with van der Waals surface area (Å²) in [5.41, 5.74) is 5.09. The van der Waals surface area contributed by atoms with E-state index < -0.39 is 0 Å². The van der Waals surface area contributed by atoms with Crippen LogP contribution in [0, 0.1) is 11.8 Å². The molecule has 2 fully saturated rings. The van der Waals surface area contributed by atoms with Gasteiger partial charge in [-0.25, -0.2) is 0 Å². The fourth-order valence-electron chi connectivity index (χ4n) is 4.85. The third-order valence-electron chi connectivity index (χ3n) is 6.14. The van der Waals surface area contributed by atoms with Crippen molar-refractivity contribution in [1.82, 2.24) is 0 Å². The number of nitrogens with zero attached hydrogens (tertiary/aromatic N) is 1. The molecule has 1 aliphatic heterocycles. The van der Waals surface area contributed by atoms with Gasteiger partial charge in [-0.05, 0) is 79.4 Å². The van der Waals surface area contributed by atoms with Gasteiger partial charge in [0.05, 0.1) is 0 Å². The summed E-state index contributed by atoms with van der Waals surface area (Å²) in [6.07, 6.45) is 11.8. The van der Waals surface area contributed by atoms with E-state index in [0.29, 0.717) is 17.6 Å². The van der Waals surface area contributed by atoms with Crippen LogP contribution in [0.2, 0.25) is 0 Å². The lowest BCUT2D eigenvalue weighted by Gasteiger charge is -2.27. The Morgan fingerprint density at radius 2 is 1.91 bits per heavy atom. The van der Waals surface area contributed by atoms with Crippen LogP contribution in [0.4, 0.5) is 5.69 Å². The standard InChI is InChI=1S/C21H27NO/c1-22-12-4-7-17-13-15(8-11-20(17)22)14-18-9-10-19(21(18)23)16-5-2-3-6-16/h8,11,13-14,16,19H,2-7,9-10,12H2,1H3/b18-14+. The molecule has 2 aliphatic carbocycles. The zero-order valence-electron chi connectivity index (χ0n) is 14.2. The van der Waals surface area contributed by atoms with Gasteiger partial charge in [-0.1, -0.05) is 18.9 Å². The summed E-state index contributed by atoms with van der Waals surface area (Å²) in [4.78, 5) is 15.1. The van der Waals surface area contributed by atoms with Crippen molar-refractivity contribution >= 4 is 17.5 Å². The highest BCUT2D eigenvalue weighted by Crippen LogP contribution is 2.41. The van der Waals surface area contributed by atoms with E-state index in [0.717, 1.165) is 31.4 Å². The second kappa shape index (κ2) is 6.14. The fourth-order valence-corrected chi connectivity index (χ4v) is 4.85. The third kappa shape index (κ3) is 2.84. The predicted octanol–water partition coefficient (Wildman–Crippen LogP) is 4.62. The van der Waals surface area contributed by atoms with Gasteiger partial charge in [0.1, 0.15) is 0 Å². The molecule has 2 heteroatoms. The maximum atomic E-state index is 12.8. The van der Waals surface area contributed by atoms with Crippen molar-refractivity contribution in [2.75, 3.05) is 18.5 Å². The van der Waals surface area contributed by atoms with E-state index in [4.69, 9.17) is 0 Å². The number of hydrogen-bond donors (Lipinski definition) is 0. The van der Waals surface area contributed by atoms with Gasteiger partial charge < -0.3 is 4.90 Å². The van der Waals surface area contributed by atoms with E-state index in [1.807, 2.05) is 0 Å². The van der Waals surface area contributed by atoms with Crippen molar-refractivity contribution in [3.63, 3.8) is 0 Å². The van der Waals surface area contributed by atoms with Crippen LogP contribution in [0.5, 0.6) is 0 Å². The molecule has 0 amide bonds. The Kier molecular flexibility index (Phi) is 4.00. The minimum Gasteiger partial charge on any atom is -0.374 e. The van der Waals surface area contributed by atoms with Crippen LogP contribution in [0.1, 0.15) is 56.1 Å². The van der Waals surface area contributed by atoms with E-state index in [2.05, 4.69) is 36.2 Å². The van der Waals surface area contributed by atoms with Crippen molar-refractivity contribution in [2.45, 2.75) is 51.4 Å². The lowest BCUT2D eigenvalue weighted by molar-refractivity contribution is -0.119. The molecule has 1 heterocycles. The van der Waals surface area contributed by atoms with Crippen LogP contribution in [-0.2, 0) is 11.2 Å². The minimum absolute atomic E-state index is 0.326. The predicted molar refractivity (Wildman–Crippen MR) is 95.7 cm³/mol. The number of allylic oxidation sites excluding steroid dienone is 1. The quantitative estimate of drug-likeness (QED) is 0.743. The van der Waals surface area contributed by atoms with Crippen molar-refractivity contribution < 1.29 is 4.79 Å². The molecule has 1 atom stereocenters. The summed E-state index contributed by atoms with van der Waals surface area (Å²) in [6, 6.07) is 6.72. The number of aryl methyl sites for hydroxylation is 1. The van der Waals surface area contributed by atoms with E-state index in [-0.39, 0.29) is 0 Å². The number of anilines is 1. The highest BCUT2D eigenvalue weighted by molar-refractivity contribution is 6.03. The van der Waals surface area contributed by atoms with Gasteiger partial charge in [0, 0.05) is 25.2 Å². The molecule has 1 unspecified atom stereocenters. The zero-order chi connectivity index (χ0) is 15.8. The summed E-state index contributed by atoms with van der Waals surface area (Å²) in [5.74, 6) is 1.45. The van der Waals surface area contributed by atoms with Crippen LogP contribution >= 0.6 is 0 Å². The molecular formula is C21H27NO. The molecule has 4 rings (SSSR count). The van der Waals surface area contributed by atoms with Gasteiger partial charge in [-0.15, -0.1) is 0 Å². The molecule has 23 heavy (non-hydrogen) atoms. The Morgan fingerprint density at radius 3 is 2.74 bits per heavy atom. The van der Waals surface area contributed by atoms with E-state index in [1.165, 1.54) is 48.9 Å². The average Bonchev–Trinajstić information content (AvgIpc) is 3.18. The van der Waals surface area contributed by atoms with Crippen LogP contribution < -0.4 is 4.90 Å². The summed E-state index contributed by atoms with van der Waals surface area (Å²) >= 11 is 0. The number of rotatable bonds is 2. The summed E-state index contributed by atoms with van der Waals surface area (Å²) in [5, 5.41) is 0. The molecule has 1 aromatic rings. The first-order valence-electron chi connectivity index (χ1n) is 9.31. The molecule has 0 aromatic heterocycles. The van der Waals surface area contributed by atoms with Gasteiger partial charge in [-0.3, -0.25) is 4.79 Å². The SMILES string of the molecule is CN1CCCc2cc(/C=C3\CCC(C4CCCC4)C3=O)ccc21. The van der Waals surface area contributed by atoms with Gasteiger partial charge in [0.25, 0.3) is 0 Å². The average molecular weight is 309 g/mol. The van der Waals surface area contributed by atoms with E-state index >= 15 is 0 Å². The molecule has 0 N–H and O–H groups in total. The Bertz CT molecular complexity index is 639. The number of fused-ring (bicyclic) bond motifs is 1. The smallest absolute Gasteiger partial charge is 0.162 e. The first-order valence-corrected chi connectivity index (χ1v) is 9.31. The number of carbonyl (C=O) groups is 1. The second-order valence-corrected chi connectivity index (χ2v) is 7.64. The maximum absolute atomic E-state index is 12.8. The molecular weight excluding hydrogens is 282 g/mol. The third-order valence-corrected chi connectivity index (χ3v) is 6.14. The molecule has 2 saturated carbocycles. The number of ketones is 1. The fraction of sp³-hybridized carbons (Fsp3) is 0.571. The second-order valence-electron chi connectivity index (χ2n) is 7.64. The number of benzene rings is 1. The largest absolute Gasteiger partial charge is 0.374 e. The summed E-state index contributed by atoms with van der Waals surface area (Å²) in [7, 11) is 2.17. The first kappa shape index (κ1) is 15.0.